The molecule has 0 amide bonds. The smallest absolute Gasteiger partial charge is 0.120 e. The minimum absolute atomic E-state index is 0.0443. The van der Waals surface area contributed by atoms with Crippen LogP contribution in [0.4, 0.5) is 0 Å². The minimum atomic E-state index is -0.437. The molecule has 4 nitrogen and oxygen atoms in total. The van der Waals surface area contributed by atoms with E-state index in [4.69, 9.17) is 16.1 Å². The molecule has 0 unspecified atom stereocenters. The Morgan fingerprint density at radius 3 is 2.79 bits per heavy atom. The lowest BCUT2D eigenvalue weighted by Gasteiger charge is -2.12. The van der Waals surface area contributed by atoms with E-state index in [9.17, 15) is 5.11 Å². The van der Waals surface area contributed by atoms with Crippen LogP contribution in [0, 0.1) is 11.3 Å². The van der Waals surface area contributed by atoms with Crippen LogP contribution in [0.25, 0.3) is 0 Å². The number of nitrogens with two attached hydrogens (primary N) is 1. The molecule has 74 valence electrons. The van der Waals surface area contributed by atoms with Gasteiger partial charge >= 0.3 is 0 Å². The maximum atomic E-state index is 9.46. The SMILES string of the molecule is N#Cc1ccc(O)c([C@@H](N)CCO)c1. The molecule has 0 fully saturated rings. The quantitative estimate of drug-likeness (QED) is 0.655. The van der Waals surface area contributed by atoms with Gasteiger partial charge in [-0.3, -0.25) is 0 Å². The lowest BCUT2D eigenvalue weighted by atomic mass is 10.0. The van der Waals surface area contributed by atoms with E-state index in [-0.39, 0.29) is 12.4 Å². The molecule has 1 rings (SSSR count). The summed E-state index contributed by atoms with van der Waals surface area (Å²) in [5.41, 5.74) is 6.65. The number of aliphatic hydroxyl groups is 1. The van der Waals surface area contributed by atoms with E-state index in [0.29, 0.717) is 17.5 Å². The van der Waals surface area contributed by atoms with Crippen molar-refractivity contribution in [2.24, 2.45) is 5.73 Å². The second-order valence-corrected chi connectivity index (χ2v) is 3.00. The molecular formula is C10H12N2O2. The molecule has 4 N–H and O–H groups in total. The molecule has 0 aromatic heterocycles. The Labute approximate surface area is 82.2 Å². The minimum Gasteiger partial charge on any atom is -0.508 e. The van der Waals surface area contributed by atoms with Gasteiger partial charge in [0.25, 0.3) is 0 Å². The highest BCUT2D eigenvalue weighted by Gasteiger charge is 2.10. The van der Waals surface area contributed by atoms with Crippen molar-refractivity contribution in [2.75, 3.05) is 6.61 Å². The van der Waals surface area contributed by atoms with Crippen LogP contribution in [0.3, 0.4) is 0 Å². The number of benzene rings is 1. The largest absolute Gasteiger partial charge is 0.508 e. The first kappa shape index (κ1) is 10.5. The highest BCUT2D eigenvalue weighted by molar-refractivity contribution is 5.42. The first-order chi connectivity index (χ1) is 6.69. The third-order valence-corrected chi connectivity index (χ3v) is 2.00. The second kappa shape index (κ2) is 4.61. The topological polar surface area (TPSA) is 90.3 Å². The molecule has 1 aromatic carbocycles. The average molecular weight is 192 g/mol. The van der Waals surface area contributed by atoms with Crippen molar-refractivity contribution < 1.29 is 10.2 Å². The van der Waals surface area contributed by atoms with Gasteiger partial charge in [0, 0.05) is 18.2 Å². The second-order valence-electron chi connectivity index (χ2n) is 3.00. The molecule has 0 bridgehead atoms. The summed E-state index contributed by atoms with van der Waals surface area (Å²) >= 11 is 0. The molecule has 0 heterocycles. The first-order valence-corrected chi connectivity index (χ1v) is 4.28. The van der Waals surface area contributed by atoms with Crippen LogP contribution in [0.15, 0.2) is 18.2 Å². The van der Waals surface area contributed by atoms with Crippen molar-refractivity contribution in [3.05, 3.63) is 29.3 Å². The van der Waals surface area contributed by atoms with E-state index >= 15 is 0 Å². The predicted octanol–water partition coefficient (Wildman–Crippen LogP) is 0.646. The summed E-state index contributed by atoms with van der Waals surface area (Å²) in [6.07, 6.45) is 0.364. The van der Waals surface area contributed by atoms with E-state index in [2.05, 4.69) is 0 Å². The van der Waals surface area contributed by atoms with Crippen LogP contribution in [-0.2, 0) is 0 Å². The van der Waals surface area contributed by atoms with Gasteiger partial charge in [0.15, 0.2) is 0 Å². The van der Waals surface area contributed by atoms with Crippen LogP contribution in [-0.4, -0.2) is 16.8 Å². The molecular weight excluding hydrogens is 180 g/mol. The fourth-order valence-corrected chi connectivity index (χ4v) is 1.22. The average Bonchev–Trinajstić information content (AvgIpc) is 2.19. The first-order valence-electron chi connectivity index (χ1n) is 4.28. The zero-order chi connectivity index (χ0) is 10.6. The van der Waals surface area contributed by atoms with Gasteiger partial charge in [-0.1, -0.05) is 0 Å². The highest BCUT2D eigenvalue weighted by atomic mass is 16.3. The standard InChI is InChI=1S/C10H12N2O2/c11-6-7-1-2-10(14)8(5-7)9(12)3-4-13/h1-2,5,9,13-14H,3-4,12H2/t9-/m0/s1. The lowest BCUT2D eigenvalue weighted by molar-refractivity contribution is 0.275. The summed E-state index contributed by atoms with van der Waals surface area (Å²) < 4.78 is 0. The summed E-state index contributed by atoms with van der Waals surface area (Å²) in [6, 6.07) is 6.02. The van der Waals surface area contributed by atoms with E-state index in [1.807, 2.05) is 6.07 Å². The molecule has 0 aliphatic heterocycles. The van der Waals surface area contributed by atoms with Crippen molar-refractivity contribution in [1.29, 1.82) is 5.26 Å². The molecule has 1 atom stereocenters. The molecule has 4 heteroatoms. The number of aliphatic hydroxyl groups excluding tert-OH is 1. The lowest BCUT2D eigenvalue weighted by Crippen LogP contribution is -2.12. The van der Waals surface area contributed by atoms with Crippen LogP contribution in [0.1, 0.15) is 23.6 Å². The van der Waals surface area contributed by atoms with Crippen molar-refractivity contribution in [3.8, 4) is 11.8 Å². The molecule has 0 saturated carbocycles. The van der Waals surface area contributed by atoms with Gasteiger partial charge in [0.2, 0.25) is 0 Å². The molecule has 0 saturated heterocycles. The summed E-state index contributed by atoms with van der Waals surface area (Å²) in [5.74, 6) is 0.0601. The monoisotopic (exact) mass is 192 g/mol. The van der Waals surface area contributed by atoms with Gasteiger partial charge in [-0.05, 0) is 24.6 Å². The number of nitrogens with zero attached hydrogens (tertiary/aromatic N) is 1. The zero-order valence-electron chi connectivity index (χ0n) is 7.64. The van der Waals surface area contributed by atoms with Gasteiger partial charge in [-0.2, -0.15) is 5.26 Å². The fraction of sp³-hybridized carbons (Fsp3) is 0.300. The van der Waals surface area contributed by atoms with E-state index < -0.39 is 6.04 Å². The van der Waals surface area contributed by atoms with Crippen molar-refractivity contribution in [3.63, 3.8) is 0 Å². The Morgan fingerprint density at radius 1 is 1.50 bits per heavy atom. The Hall–Kier alpha value is -1.57. The number of phenolic OH excluding ortho intramolecular Hbond substituents is 1. The van der Waals surface area contributed by atoms with Crippen molar-refractivity contribution >= 4 is 0 Å². The Kier molecular flexibility index (Phi) is 3.46. The number of nitriles is 1. The zero-order valence-corrected chi connectivity index (χ0v) is 7.64. The summed E-state index contributed by atoms with van der Waals surface area (Å²) in [5, 5.41) is 26.8. The van der Waals surface area contributed by atoms with Gasteiger partial charge in [-0.15, -0.1) is 0 Å². The number of aromatic hydroxyl groups is 1. The third-order valence-electron chi connectivity index (χ3n) is 2.00. The van der Waals surface area contributed by atoms with Gasteiger partial charge < -0.3 is 15.9 Å². The normalized spacial score (nSPS) is 12.1. The van der Waals surface area contributed by atoms with Crippen LogP contribution < -0.4 is 5.73 Å². The Balaban J connectivity index is 3.01. The number of hydrogen-bond acceptors (Lipinski definition) is 4. The molecule has 1 aromatic rings. The van der Waals surface area contributed by atoms with Crippen LogP contribution in [0.5, 0.6) is 5.75 Å². The third kappa shape index (κ3) is 2.22. The number of hydrogen-bond donors (Lipinski definition) is 3. The van der Waals surface area contributed by atoms with E-state index in [1.54, 1.807) is 0 Å². The van der Waals surface area contributed by atoms with Crippen molar-refractivity contribution in [2.45, 2.75) is 12.5 Å². The fourth-order valence-electron chi connectivity index (χ4n) is 1.22. The number of rotatable bonds is 3. The van der Waals surface area contributed by atoms with Crippen LogP contribution in [0.2, 0.25) is 0 Å². The predicted molar refractivity (Wildman–Crippen MR) is 51.5 cm³/mol. The van der Waals surface area contributed by atoms with E-state index in [1.165, 1.54) is 18.2 Å². The molecule has 0 radical (unpaired) electrons. The molecule has 0 aliphatic rings. The van der Waals surface area contributed by atoms with Gasteiger partial charge in [-0.25, -0.2) is 0 Å². The Bertz CT molecular complexity index is 358. The van der Waals surface area contributed by atoms with Gasteiger partial charge in [0.1, 0.15) is 5.75 Å². The Morgan fingerprint density at radius 2 is 2.21 bits per heavy atom. The highest BCUT2D eigenvalue weighted by Crippen LogP contribution is 2.25. The maximum Gasteiger partial charge on any atom is 0.120 e. The van der Waals surface area contributed by atoms with E-state index in [0.717, 1.165) is 0 Å². The molecule has 0 spiro atoms. The molecule has 14 heavy (non-hydrogen) atoms. The summed E-state index contributed by atoms with van der Waals surface area (Å²) in [7, 11) is 0. The number of phenols is 1. The van der Waals surface area contributed by atoms with Crippen LogP contribution >= 0.6 is 0 Å². The molecule has 0 aliphatic carbocycles. The van der Waals surface area contributed by atoms with Gasteiger partial charge in [0.05, 0.1) is 11.6 Å². The summed E-state index contributed by atoms with van der Waals surface area (Å²) in [6.45, 7) is -0.0443. The van der Waals surface area contributed by atoms with Crippen molar-refractivity contribution in [1.82, 2.24) is 0 Å². The maximum absolute atomic E-state index is 9.46. The summed E-state index contributed by atoms with van der Waals surface area (Å²) in [4.78, 5) is 0.